The van der Waals surface area contributed by atoms with Crippen LogP contribution in [-0.2, 0) is 10.2 Å². The third-order valence-corrected chi connectivity index (χ3v) is 5.68. The number of hydrazine groups is 1. The van der Waals surface area contributed by atoms with Gasteiger partial charge in [-0.3, -0.25) is 25.2 Å². The molecule has 36 heavy (non-hydrogen) atoms. The molecule has 0 radical (unpaired) electrons. The average molecular weight is 488 g/mol. The first kappa shape index (κ1) is 26.5. The van der Waals surface area contributed by atoms with Crippen molar-refractivity contribution >= 4 is 23.4 Å². The molecule has 0 aromatic heterocycles. The second kappa shape index (κ2) is 11.5. The second-order valence-electron chi connectivity index (χ2n) is 9.63. The van der Waals surface area contributed by atoms with Crippen LogP contribution in [0.4, 0.5) is 5.69 Å². The Bertz CT molecular complexity index is 1200. The van der Waals surface area contributed by atoms with E-state index in [9.17, 15) is 14.4 Å². The van der Waals surface area contributed by atoms with E-state index in [1.54, 1.807) is 48.5 Å². The van der Waals surface area contributed by atoms with Crippen molar-refractivity contribution in [2.45, 2.75) is 52.6 Å². The van der Waals surface area contributed by atoms with Crippen LogP contribution in [-0.4, -0.2) is 23.8 Å². The van der Waals surface area contributed by atoms with E-state index < -0.39 is 17.9 Å². The number of ether oxygens (including phenoxy) is 1. The Labute approximate surface area is 212 Å². The molecule has 1 atom stereocenters. The predicted molar refractivity (Wildman–Crippen MR) is 141 cm³/mol. The van der Waals surface area contributed by atoms with Crippen LogP contribution in [0.25, 0.3) is 0 Å². The van der Waals surface area contributed by atoms with Gasteiger partial charge >= 0.3 is 0 Å². The van der Waals surface area contributed by atoms with Crippen LogP contribution in [0.2, 0.25) is 0 Å². The molecule has 0 saturated carbocycles. The standard InChI is InChI=1S/C29H33N3O4/c1-6-25(36-24-17-7-19(2)8-18-24)28(35)32-31-27(34)21-11-15-23(16-12-21)30-26(33)20-9-13-22(14-10-20)29(3,4)5/h7-18,25H,6H2,1-5H3,(H,30,33)(H,31,34)(H,32,35)/t25-/m1/s1. The summed E-state index contributed by atoms with van der Waals surface area (Å²) in [6.45, 7) is 10.1. The summed E-state index contributed by atoms with van der Waals surface area (Å²) >= 11 is 0. The Morgan fingerprint density at radius 2 is 1.33 bits per heavy atom. The second-order valence-corrected chi connectivity index (χ2v) is 9.63. The largest absolute Gasteiger partial charge is 0.481 e. The van der Waals surface area contributed by atoms with Gasteiger partial charge in [-0.2, -0.15) is 0 Å². The molecule has 188 valence electrons. The van der Waals surface area contributed by atoms with Crippen molar-refractivity contribution in [1.29, 1.82) is 0 Å². The van der Waals surface area contributed by atoms with Crippen molar-refractivity contribution in [3.63, 3.8) is 0 Å². The van der Waals surface area contributed by atoms with Crippen molar-refractivity contribution in [1.82, 2.24) is 10.9 Å². The maximum atomic E-state index is 12.6. The molecule has 0 unspecified atom stereocenters. The van der Waals surface area contributed by atoms with E-state index in [1.165, 1.54) is 0 Å². The lowest BCUT2D eigenvalue weighted by Crippen LogP contribution is -2.47. The minimum atomic E-state index is -0.747. The maximum Gasteiger partial charge on any atom is 0.279 e. The van der Waals surface area contributed by atoms with E-state index in [1.807, 2.05) is 38.1 Å². The Balaban J connectivity index is 1.52. The molecule has 3 aromatic carbocycles. The average Bonchev–Trinajstić information content (AvgIpc) is 2.86. The summed E-state index contributed by atoms with van der Waals surface area (Å²) in [6, 6.07) is 21.3. The summed E-state index contributed by atoms with van der Waals surface area (Å²) in [7, 11) is 0. The molecule has 0 heterocycles. The summed E-state index contributed by atoms with van der Waals surface area (Å²) in [5, 5.41) is 2.83. The number of aryl methyl sites for hydroxylation is 1. The van der Waals surface area contributed by atoms with Gasteiger partial charge in [0.1, 0.15) is 5.75 Å². The van der Waals surface area contributed by atoms with Gasteiger partial charge in [-0.15, -0.1) is 0 Å². The van der Waals surface area contributed by atoms with Gasteiger partial charge in [0, 0.05) is 16.8 Å². The summed E-state index contributed by atoms with van der Waals surface area (Å²) in [5.41, 5.74) is 8.50. The Morgan fingerprint density at radius 3 is 1.89 bits per heavy atom. The fourth-order valence-corrected chi connectivity index (χ4v) is 3.40. The Morgan fingerprint density at radius 1 is 0.778 bits per heavy atom. The topological polar surface area (TPSA) is 96.5 Å². The molecule has 0 saturated heterocycles. The molecule has 0 spiro atoms. The lowest BCUT2D eigenvalue weighted by atomic mass is 9.87. The molecule has 7 heteroatoms. The Hall–Kier alpha value is -4.13. The van der Waals surface area contributed by atoms with Crippen LogP contribution in [0.3, 0.4) is 0 Å². The molecule has 3 aromatic rings. The molecular weight excluding hydrogens is 454 g/mol. The highest BCUT2D eigenvalue weighted by Crippen LogP contribution is 2.22. The van der Waals surface area contributed by atoms with Gasteiger partial charge in [0.25, 0.3) is 17.7 Å². The van der Waals surface area contributed by atoms with Crippen molar-refractivity contribution in [3.8, 4) is 5.75 Å². The smallest absolute Gasteiger partial charge is 0.279 e. The summed E-state index contributed by atoms with van der Waals surface area (Å²) in [5.74, 6) is -0.590. The third-order valence-electron chi connectivity index (χ3n) is 5.68. The molecular formula is C29H33N3O4. The number of anilines is 1. The van der Waals surface area contributed by atoms with E-state index in [4.69, 9.17) is 4.74 Å². The summed E-state index contributed by atoms with van der Waals surface area (Å²) in [4.78, 5) is 37.5. The number of carbonyl (C=O) groups is 3. The van der Waals surface area contributed by atoms with E-state index in [0.717, 1.165) is 11.1 Å². The maximum absolute atomic E-state index is 12.6. The third kappa shape index (κ3) is 7.18. The van der Waals surface area contributed by atoms with Gasteiger partial charge < -0.3 is 10.1 Å². The number of nitrogens with one attached hydrogen (secondary N) is 3. The Kier molecular flexibility index (Phi) is 8.48. The molecule has 0 aliphatic heterocycles. The van der Waals surface area contributed by atoms with Crippen molar-refractivity contribution in [2.75, 3.05) is 5.32 Å². The van der Waals surface area contributed by atoms with E-state index in [2.05, 4.69) is 36.9 Å². The van der Waals surface area contributed by atoms with Crippen LogP contribution in [0.15, 0.2) is 72.8 Å². The first-order chi connectivity index (χ1) is 17.1. The quantitative estimate of drug-likeness (QED) is 0.401. The highest BCUT2D eigenvalue weighted by atomic mass is 16.5. The SMILES string of the molecule is CC[C@@H](Oc1ccc(C)cc1)C(=O)NNC(=O)c1ccc(NC(=O)c2ccc(C(C)(C)C)cc2)cc1. The van der Waals surface area contributed by atoms with E-state index in [0.29, 0.717) is 29.0 Å². The van der Waals surface area contributed by atoms with Crippen LogP contribution in [0.5, 0.6) is 5.75 Å². The minimum Gasteiger partial charge on any atom is -0.481 e. The van der Waals surface area contributed by atoms with Gasteiger partial charge in [0.05, 0.1) is 0 Å². The molecule has 0 fully saturated rings. The fourth-order valence-electron chi connectivity index (χ4n) is 3.40. The van der Waals surface area contributed by atoms with Crippen LogP contribution in [0, 0.1) is 6.92 Å². The number of hydrogen-bond acceptors (Lipinski definition) is 4. The molecule has 7 nitrogen and oxygen atoms in total. The summed E-state index contributed by atoms with van der Waals surface area (Å²) in [6.07, 6.45) is -0.314. The number of benzene rings is 3. The van der Waals surface area contributed by atoms with E-state index >= 15 is 0 Å². The van der Waals surface area contributed by atoms with Crippen LogP contribution in [0.1, 0.15) is 66.0 Å². The minimum absolute atomic E-state index is 0.0104. The summed E-state index contributed by atoms with van der Waals surface area (Å²) < 4.78 is 5.73. The zero-order valence-electron chi connectivity index (χ0n) is 21.3. The van der Waals surface area contributed by atoms with Gasteiger partial charge in [0.2, 0.25) is 0 Å². The molecule has 0 aliphatic carbocycles. The van der Waals surface area contributed by atoms with Crippen LogP contribution < -0.4 is 20.9 Å². The number of carbonyl (C=O) groups excluding carboxylic acids is 3. The lowest BCUT2D eigenvalue weighted by Gasteiger charge is -2.19. The first-order valence-corrected chi connectivity index (χ1v) is 11.9. The zero-order valence-corrected chi connectivity index (χ0v) is 21.3. The number of amides is 3. The molecule has 3 rings (SSSR count). The first-order valence-electron chi connectivity index (χ1n) is 11.9. The van der Waals surface area contributed by atoms with Gasteiger partial charge in [-0.05, 0) is 72.9 Å². The van der Waals surface area contributed by atoms with Crippen LogP contribution >= 0.6 is 0 Å². The highest BCUT2D eigenvalue weighted by Gasteiger charge is 2.19. The number of rotatable bonds is 7. The molecule has 0 aliphatic rings. The van der Waals surface area contributed by atoms with Gasteiger partial charge in [-0.25, -0.2) is 0 Å². The zero-order chi connectivity index (χ0) is 26.3. The highest BCUT2D eigenvalue weighted by molar-refractivity contribution is 6.04. The van der Waals surface area contributed by atoms with Gasteiger partial charge in [-0.1, -0.05) is 57.5 Å². The molecule has 0 bridgehead atoms. The van der Waals surface area contributed by atoms with Gasteiger partial charge in [0.15, 0.2) is 6.10 Å². The monoisotopic (exact) mass is 487 g/mol. The van der Waals surface area contributed by atoms with Crippen molar-refractivity contribution in [3.05, 3.63) is 95.1 Å². The van der Waals surface area contributed by atoms with E-state index in [-0.39, 0.29) is 11.3 Å². The fraction of sp³-hybridized carbons (Fsp3) is 0.276. The predicted octanol–water partition coefficient (Wildman–Crippen LogP) is 5.16. The normalized spacial score (nSPS) is 11.8. The molecule has 3 N–H and O–H groups in total. The van der Waals surface area contributed by atoms with Crippen molar-refractivity contribution < 1.29 is 19.1 Å². The lowest BCUT2D eigenvalue weighted by molar-refractivity contribution is -0.128. The number of hydrogen-bond donors (Lipinski definition) is 3. The molecule has 3 amide bonds. The van der Waals surface area contributed by atoms with Crippen molar-refractivity contribution in [2.24, 2.45) is 0 Å².